The molecule has 2 aromatic carbocycles. The van der Waals surface area contributed by atoms with Crippen LogP contribution in [0.5, 0.6) is 5.75 Å². The van der Waals surface area contributed by atoms with Gasteiger partial charge < -0.3 is 15.5 Å². The Morgan fingerprint density at radius 1 is 1.10 bits per heavy atom. The van der Waals surface area contributed by atoms with Gasteiger partial charge in [0.05, 0.1) is 0 Å². The highest BCUT2D eigenvalue weighted by Gasteiger charge is 2.18. The number of carboxylic acids is 1. The standard InChI is InChI=1S/C15H12ClNO4/c16-13(9-4-2-1-3-5-9)14(19)17-10-6-7-12(18)11(8-10)15(20)21/h1-8,13,18H,(H,17,19)(H,20,21). The molecule has 0 saturated carbocycles. The lowest BCUT2D eigenvalue weighted by atomic mass is 10.1. The van der Waals surface area contributed by atoms with Crippen molar-refractivity contribution >= 4 is 29.2 Å². The van der Waals surface area contributed by atoms with E-state index >= 15 is 0 Å². The molecule has 0 aliphatic rings. The molecule has 0 saturated heterocycles. The van der Waals surface area contributed by atoms with Gasteiger partial charge in [0.15, 0.2) is 0 Å². The van der Waals surface area contributed by atoms with E-state index in [2.05, 4.69) is 5.32 Å². The quantitative estimate of drug-likeness (QED) is 0.598. The topological polar surface area (TPSA) is 86.6 Å². The van der Waals surface area contributed by atoms with Gasteiger partial charge in [-0.05, 0) is 23.8 Å². The molecule has 0 aliphatic carbocycles. The van der Waals surface area contributed by atoms with E-state index in [0.717, 1.165) is 0 Å². The number of phenols is 1. The maximum atomic E-state index is 12.0. The minimum Gasteiger partial charge on any atom is -0.507 e. The SMILES string of the molecule is O=C(O)c1cc(NC(=O)C(Cl)c2ccccc2)ccc1O. The van der Waals surface area contributed by atoms with Gasteiger partial charge in [0.25, 0.3) is 0 Å². The van der Waals surface area contributed by atoms with Crippen LogP contribution in [-0.4, -0.2) is 22.1 Å². The lowest BCUT2D eigenvalue weighted by Crippen LogP contribution is -2.17. The Morgan fingerprint density at radius 3 is 2.38 bits per heavy atom. The second-order valence-corrected chi connectivity index (χ2v) is 4.74. The zero-order valence-corrected chi connectivity index (χ0v) is 11.5. The van der Waals surface area contributed by atoms with Gasteiger partial charge in [0.1, 0.15) is 16.7 Å². The molecule has 1 amide bonds. The van der Waals surface area contributed by atoms with Crippen LogP contribution in [0.1, 0.15) is 21.3 Å². The molecular weight excluding hydrogens is 294 g/mol. The fourth-order valence-corrected chi connectivity index (χ4v) is 1.96. The Balaban J connectivity index is 2.16. The van der Waals surface area contributed by atoms with E-state index < -0.39 is 17.3 Å². The van der Waals surface area contributed by atoms with E-state index in [4.69, 9.17) is 16.7 Å². The highest BCUT2D eigenvalue weighted by Crippen LogP contribution is 2.25. The van der Waals surface area contributed by atoms with E-state index in [1.54, 1.807) is 24.3 Å². The summed E-state index contributed by atoms with van der Waals surface area (Å²) in [7, 11) is 0. The molecule has 6 heteroatoms. The maximum absolute atomic E-state index is 12.0. The van der Waals surface area contributed by atoms with Crippen LogP contribution in [0.15, 0.2) is 48.5 Å². The fourth-order valence-electron chi connectivity index (χ4n) is 1.76. The highest BCUT2D eigenvalue weighted by atomic mass is 35.5. The number of carbonyl (C=O) groups is 2. The number of nitrogens with one attached hydrogen (secondary N) is 1. The van der Waals surface area contributed by atoms with Gasteiger partial charge in [0, 0.05) is 5.69 Å². The molecule has 0 spiro atoms. The zero-order valence-electron chi connectivity index (χ0n) is 10.8. The predicted octanol–water partition coefficient (Wildman–Crippen LogP) is 3.01. The number of rotatable bonds is 4. The van der Waals surface area contributed by atoms with Gasteiger partial charge in [-0.15, -0.1) is 11.6 Å². The second-order valence-electron chi connectivity index (χ2n) is 4.30. The van der Waals surface area contributed by atoms with Crippen LogP contribution in [0, 0.1) is 0 Å². The van der Waals surface area contributed by atoms with E-state index in [1.165, 1.54) is 18.2 Å². The van der Waals surface area contributed by atoms with E-state index in [0.29, 0.717) is 5.56 Å². The Labute approximate surface area is 125 Å². The molecule has 5 nitrogen and oxygen atoms in total. The molecule has 0 radical (unpaired) electrons. The van der Waals surface area contributed by atoms with E-state index in [-0.39, 0.29) is 17.0 Å². The lowest BCUT2D eigenvalue weighted by molar-refractivity contribution is -0.116. The van der Waals surface area contributed by atoms with Crippen LogP contribution >= 0.6 is 11.6 Å². The molecule has 0 aromatic heterocycles. The molecule has 108 valence electrons. The van der Waals surface area contributed by atoms with Gasteiger partial charge >= 0.3 is 5.97 Å². The Morgan fingerprint density at radius 2 is 1.76 bits per heavy atom. The van der Waals surface area contributed by atoms with Crippen LogP contribution in [0.25, 0.3) is 0 Å². The molecule has 1 unspecified atom stereocenters. The summed E-state index contributed by atoms with van der Waals surface area (Å²) >= 11 is 6.06. The van der Waals surface area contributed by atoms with Crippen molar-refractivity contribution in [2.75, 3.05) is 5.32 Å². The number of alkyl halides is 1. The molecule has 0 bridgehead atoms. The molecule has 2 aromatic rings. The molecule has 0 aliphatic heterocycles. The molecule has 0 heterocycles. The second kappa shape index (κ2) is 6.28. The zero-order chi connectivity index (χ0) is 15.4. The number of aromatic hydroxyl groups is 1. The van der Waals surface area contributed by atoms with Crippen molar-refractivity contribution in [3.8, 4) is 5.75 Å². The number of hydrogen-bond acceptors (Lipinski definition) is 3. The van der Waals surface area contributed by atoms with Crippen molar-refractivity contribution in [2.24, 2.45) is 0 Å². The van der Waals surface area contributed by atoms with Crippen molar-refractivity contribution in [1.82, 2.24) is 0 Å². The number of anilines is 1. The number of hydrogen-bond donors (Lipinski definition) is 3. The molecule has 3 N–H and O–H groups in total. The number of benzene rings is 2. The number of halogens is 1. The molecule has 1 atom stereocenters. The summed E-state index contributed by atoms with van der Waals surface area (Å²) in [5.41, 5.74) is 0.587. The third-order valence-electron chi connectivity index (χ3n) is 2.82. The Kier molecular flexibility index (Phi) is 4.45. The first kappa shape index (κ1) is 14.9. The summed E-state index contributed by atoms with van der Waals surface area (Å²) in [6.07, 6.45) is 0. The summed E-state index contributed by atoms with van der Waals surface area (Å²) in [4.78, 5) is 22.9. The number of carboxylic acid groups (broad SMARTS) is 1. The summed E-state index contributed by atoms with van der Waals surface area (Å²) in [5, 5.41) is 19.9. The smallest absolute Gasteiger partial charge is 0.339 e. The third kappa shape index (κ3) is 3.52. The van der Waals surface area contributed by atoms with Gasteiger partial charge in [-0.3, -0.25) is 4.79 Å². The first-order chi connectivity index (χ1) is 9.99. The van der Waals surface area contributed by atoms with Gasteiger partial charge in [0.2, 0.25) is 5.91 Å². The molecular formula is C15H12ClNO4. The van der Waals surface area contributed by atoms with Crippen molar-refractivity contribution in [2.45, 2.75) is 5.38 Å². The first-order valence-electron chi connectivity index (χ1n) is 6.05. The molecule has 2 rings (SSSR count). The number of carbonyl (C=O) groups excluding carboxylic acids is 1. The van der Waals surface area contributed by atoms with E-state index in [1.807, 2.05) is 6.07 Å². The van der Waals surface area contributed by atoms with Crippen molar-refractivity contribution in [3.63, 3.8) is 0 Å². The average Bonchev–Trinajstić information content (AvgIpc) is 2.49. The number of aromatic carboxylic acids is 1. The Bertz CT molecular complexity index is 673. The first-order valence-corrected chi connectivity index (χ1v) is 6.49. The fraction of sp³-hybridized carbons (Fsp3) is 0.0667. The minimum absolute atomic E-state index is 0.247. The Hall–Kier alpha value is -2.53. The maximum Gasteiger partial charge on any atom is 0.339 e. The van der Waals surface area contributed by atoms with Crippen LogP contribution in [-0.2, 0) is 4.79 Å². The van der Waals surface area contributed by atoms with Crippen molar-refractivity contribution < 1.29 is 19.8 Å². The summed E-state index contributed by atoms with van der Waals surface area (Å²) < 4.78 is 0. The monoisotopic (exact) mass is 305 g/mol. The summed E-state index contributed by atoms with van der Waals surface area (Å²) in [6, 6.07) is 12.5. The van der Waals surface area contributed by atoms with Crippen molar-refractivity contribution in [1.29, 1.82) is 0 Å². The van der Waals surface area contributed by atoms with Crippen LogP contribution < -0.4 is 5.32 Å². The van der Waals surface area contributed by atoms with Crippen LogP contribution in [0.4, 0.5) is 5.69 Å². The minimum atomic E-state index is -1.28. The summed E-state index contributed by atoms with van der Waals surface area (Å²) in [6.45, 7) is 0. The highest BCUT2D eigenvalue weighted by molar-refractivity contribution is 6.32. The van der Waals surface area contributed by atoms with Gasteiger partial charge in [-0.2, -0.15) is 0 Å². The van der Waals surface area contributed by atoms with Crippen LogP contribution in [0.3, 0.4) is 0 Å². The van der Waals surface area contributed by atoms with Crippen LogP contribution in [0.2, 0.25) is 0 Å². The van der Waals surface area contributed by atoms with Gasteiger partial charge in [-0.1, -0.05) is 30.3 Å². The normalized spacial score (nSPS) is 11.7. The lowest BCUT2D eigenvalue weighted by Gasteiger charge is -2.11. The van der Waals surface area contributed by atoms with Crippen molar-refractivity contribution in [3.05, 3.63) is 59.7 Å². The van der Waals surface area contributed by atoms with E-state index in [9.17, 15) is 14.7 Å². The largest absolute Gasteiger partial charge is 0.507 e. The average molecular weight is 306 g/mol. The molecule has 0 fully saturated rings. The number of amides is 1. The summed E-state index contributed by atoms with van der Waals surface area (Å²) in [5.74, 6) is -2.13. The predicted molar refractivity (Wildman–Crippen MR) is 78.7 cm³/mol. The van der Waals surface area contributed by atoms with Gasteiger partial charge in [-0.25, -0.2) is 4.79 Å². The third-order valence-corrected chi connectivity index (χ3v) is 3.27. The molecule has 21 heavy (non-hydrogen) atoms.